The summed E-state index contributed by atoms with van der Waals surface area (Å²) in [6.07, 6.45) is 3.36. The second-order valence-corrected chi connectivity index (χ2v) is 10.1. The fourth-order valence-electron chi connectivity index (χ4n) is 4.98. The van der Waals surface area contributed by atoms with Crippen LogP contribution in [0.1, 0.15) is 73.3 Å². The summed E-state index contributed by atoms with van der Waals surface area (Å²) >= 11 is 0. The van der Waals surface area contributed by atoms with Crippen LogP contribution >= 0.6 is 0 Å². The van der Waals surface area contributed by atoms with Gasteiger partial charge in [-0.2, -0.15) is 18.3 Å². The summed E-state index contributed by atoms with van der Waals surface area (Å²) < 4.78 is 40.5. The molecule has 0 saturated carbocycles. The molecule has 1 amide bonds. The number of rotatable bonds is 6. The van der Waals surface area contributed by atoms with Gasteiger partial charge in [-0.3, -0.25) is 14.5 Å². The molecule has 36 heavy (non-hydrogen) atoms. The molecule has 2 aromatic heterocycles. The zero-order chi connectivity index (χ0) is 26.0. The predicted octanol–water partition coefficient (Wildman–Crippen LogP) is 6.73. The van der Waals surface area contributed by atoms with Crippen molar-refractivity contribution in [3.8, 4) is 11.1 Å². The SMILES string of the molecule is Cc1ccc(-c2cnn(C(C)C)c2)c(C(=O)N2CCC[C@@H](C)[C@H]2CCc2ccc(C(F)(F)F)cn2)c1. The van der Waals surface area contributed by atoms with Gasteiger partial charge in [0.1, 0.15) is 0 Å². The molecule has 1 aliphatic heterocycles. The van der Waals surface area contributed by atoms with Crippen LogP contribution in [-0.4, -0.2) is 38.2 Å². The molecule has 192 valence electrons. The van der Waals surface area contributed by atoms with E-state index in [2.05, 4.69) is 30.9 Å². The van der Waals surface area contributed by atoms with Gasteiger partial charge in [0, 0.05) is 47.8 Å². The van der Waals surface area contributed by atoms with Gasteiger partial charge in [0.2, 0.25) is 0 Å². The third-order valence-corrected chi connectivity index (χ3v) is 7.07. The average Bonchev–Trinajstić information content (AvgIpc) is 3.33. The monoisotopic (exact) mass is 498 g/mol. The van der Waals surface area contributed by atoms with E-state index in [1.807, 2.05) is 40.9 Å². The molecule has 0 radical (unpaired) electrons. The van der Waals surface area contributed by atoms with E-state index >= 15 is 0 Å². The summed E-state index contributed by atoms with van der Waals surface area (Å²) in [5, 5.41) is 4.45. The van der Waals surface area contributed by atoms with E-state index in [1.54, 1.807) is 6.20 Å². The number of alkyl halides is 3. The maximum absolute atomic E-state index is 14.0. The van der Waals surface area contributed by atoms with Crippen molar-refractivity contribution in [2.45, 2.75) is 71.6 Å². The lowest BCUT2D eigenvalue weighted by Crippen LogP contribution is -2.48. The number of amides is 1. The summed E-state index contributed by atoms with van der Waals surface area (Å²) in [5.74, 6) is 0.275. The number of benzene rings is 1. The van der Waals surface area contributed by atoms with E-state index in [-0.39, 0.29) is 23.9 Å². The van der Waals surface area contributed by atoms with E-state index in [4.69, 9.17) is 0 Å². The molecule has 8 heteroatoms. The molecule has 0 aliphatic carbocycles. The number of nitrogens with zero attached hydrogens (tertiary/aromatic N) is 4. The first-order chi connectivity index (χ1) is 17.0. The molecule has 0 spiro atoms. The lowest BCUT2D eigenvalue weighted by molar-refractivity contribution is -0.137. The molecule has 1 fully saturated rings. The van der Waals surface area contributed by atoms with Crippen molar-refractivity contribution in [3.63, 3.8) is 0 Å². The maximum Gasteiger partial charge on any atom is 0.417 e. The number of halogens is 3. The van der Waals surface area contributed by atoms with Crippen LogP contribution in [0, 0.1) is 12.8 Å². The Morgan fingerprint density at radius 3 is 2.58 bits per heavy atom. The third-order valence-electron chi connectivity index (χ3n) is 7.07. The van der Waals surface area contributed by atoms with E-state index in [1.165, 1.54) is 6.07 Å². The molecular weight excluding hydrogens is 465 g/mol. The molecule has 2 atom stereocenters. The number of likely N-dealkylation sites (tertiary alicyclic amines) is 1. The van der Waals surface area contributed by atoms with Crippen LogP contribution in [0.2, 0.25) is 0 Å². The number of piperidine rings is 1. The van der Waals surface area contributed by atoms with Gasteiger partial charge in [0.25, 0.3) is 5.91 Å². The number of carbonyl (C=O) groups excluding carboxylic acids is 1. The van der Waals surface area contributed by atoms with Crippen LogP contribution < -0.4 is 0 Å². The zero-order valence-corrected chi connectivity index (χ0v) is 21.2. The molecule has 1 saturated heterocycles. The molecule has 0 unspecified atom stereocenters. The Balaban J connectivity index is 1.58. The second kappa shape index (κ2) is 10.4. The van der Waals surface area contributed by atoms with Gasteiger partial charge < -0.3 is 4.90 Å². The van der Waals surface area contributed by atoms with E-state index in [9.17, 15) is 18.0 Å². The highest BCUT2D eigenvalue weighted by Crippen LogP contribution is 2.32. The lowest BCUT2D eigenvalue weighted by atomic mass is 9.86. The normalized spacial score (nSPS) is 18.6. The molecular formula is C28H33F3N4O. The Labute approximate surface area is 210 Å². The Kier molecular flexibility index (Phi) is 7.52. The van der Waals surface area contributed by atoms with Crippen molar-refractivity contribution in [1.82, 2.24) is 19.7 Å². The van der Waals surface area contributed by atoms with E-state index in [0.717, 1.165) is 41.8 Å². The predicted molar refractivity (Wildman–Crippen MR) is 134 cm³/mol. The summed E-state index contributed by atoms with van der Waals surface area (Å²) in [6.45, 7) is 8.90. The number of carbonyl (C=O) groups is 1. The van der Waals surface area contributed by atoms with Gasteiger partial charge in [-0.1, -0.05) is 24.6 Å². The zero-order valence-electron chi connectivity index (χ0n) is 21.2. The highest BCUT2D eigenvalue weighted by atomic mass is 19.4. The summed E-state index contributed by atoms with van der Waals surface area (Å²) in [5.41, 5.74) is 3.29. The van der Waals surface area contributed by atoms with Crippen LogP contribution in [-0.2, 0) is 12.6 Å². The minimum Gasteiger partial charge on any atom is -0.335 e. The summed E-state index contributed by atoms with van der Waals surface area (Å²) in [7, 11) is 0. The van der Waals surface area contributed by atoms with Crippen LogP contribution in [0.15, 0.2) is 48.9 Å². The molecule has 3 aromatic rings. The van der Waals surface area contributed by atoms with Gasteiger partial charge in [-0.15, -0.1) is 0 Å². The first-order valence-electron chi connectivity index (χ1n) is 12.5. The minimum absolute atomic E-state index is 0.0112. The van der Waals surface area contributed by atoms with Crippen LogP contribution in [0.25, 0.3) is 11.1 Å². The van der Waals surface area contributed by atoms with Crippen molar-refractivity contribution in [1.29, 1.82) is 0 Å². The molecule has 1 aliphatic rings. The molecule has 4 rings (SSSR count). The smallest absolute Gasteiger partial charge is 0.335 e. The molecule has 1 aromatic carbocycles. The number of hydrogen-bond acceptors (Lipinski definition) is 3. The Bertz CT molecular complexity index is 1200. The highest BCUT2D eigenvalue weighted by molar-refractivity contribution is 6.01. The number of pyridine rings is 1. The number of aryl methyl sites for hydroxylation is 2. The minimum atomic E-state index is -4.40. The molecule has 3 heterocycles. The van der Waals surface area contributed by atoms with Gasteiger partial charge >= 0.3 is 6.18 Å². The largest absolute Gasteiger partial charge is 0.417 e. The lowest BCUT2D eigenvalue weighted by Gasteiger charge is -2.40. The first kappa shape index (κ1) is 25.9. The van der Waals surface area contributed by atoms with Gasteiger partial charge in [-0.25, -0.2) is 0 Å². The Morgan fingerprint density at radius 2 is 1.94 bits per heavy atom. The van der Waals surface area contributed by atoms with Crippen molar-refractivity contribution in [2.24, 2.45) is 5.92 Å². The Morgan fingerprint density at radius 1 is 1.17 bits per heavy atom. The third kappa shape index (κ3) is 5.63. The number of hydrogen-bond donors (Lipinski definition) is 0. The van der Waals surface area contributed by atoms with E-state index < -0.39 is 11.7 Å². The van der Waals surface area contributed by atoms with E-state index in [0.29, 0.717) is 30.6 Å². The van der Waals surface area contributed by atoms with Crippen molar-refractivity contribution in [2.75, 3.05) is 6.54 Å². The molecule has 5 nitrogen and oxygen atoms in total. The quantitative estimate of drug-likeness (QED) is 0.379. The highest BCUT2D eigenvalue weighted by Gasteiger charge is 2.34. The van der Waals surface area contributed by atoms with Crippen molar-refractivity contribution >= 4 is 5.91 Å². The van der Waals surface area contributed by atoms with Crippen LogP contribution in [0.4, 0.5) is 13.2 Å². The molecule has 0 bridgehead atoms. The van der Waals surface area contributed by atoms with Gasteiger partial charge in [0.15, 0.2) is 0 Å². The Hall–Kier alpha value is -3.16. The van der Waals surface area contributed by atoms with Crippen LogP contribution in [0.5, 0.6) is 0 Å². The standard InChI is InChI=1S/C28H33F3N4O/c1-18(2)35-17-21(15-33-35)24-11-7-19(3)14-25(24)27(36)34-13-5-6-20(4)26(34)12-10-23-9-8-22(16-32-23)28(29,30)31/h7-9,11,14-18,20,26H,5-6,10,12-13H2,1-4H3/t20-,26-/m1/s1. The summed E-state index contributed by atoms with van der Waals surface area (Å²) in [4.78, 5) is 20.0. The molecule has 0 N–H and O–H groups in total. The second-order valence-electron chi connectivity index (χ2n) is 10.1. The van der Waals surface area contributed by atoms with Crippen LogP contribution in [0.3, 0.4) is 0 Å². The fourth-order valence-corrected chi connectivity index (χ4v) is 4.98. The topological polar surface area (TPSA) is 51.0 Å². The summed E-state index contributed by atoms with van der Waals surface area (Å²) in [6, 6.07) is 8.65. The fraction of sp³-hybridized carbons (Fsp3) is 0.464. The van der Waals surface area contributed by atoms with Gasteiger partial charge in [0.05, 0.1) is 11.8 Å². The first-order valence-corrected chi connectivity index (χ1v) is 12.5. The van der Waals surface area contributed by atoms with Crippen molar-refractivity contribution < 1.29 is 18.0 Å². The average molecular weight is 499 g/mol. The number of aromatic nitrogens is 3. The van der Waals surface area contributed by atoms with Gasteiger partial charge in [-0.05, 0) is 76.1 Å². The van der Waals surface area contributed by atoms with Crippen molar-refractivity contribution in [3.05, 3.63) is 71.3 Å². The maximum atomic E-state index is 14.0.